The van der Waals surface area contributed by atoms with Crippen LogP contribution >= 0.6 is 15.9 Å². The van der Waals surface area contributed by atoms with Crippen LogP contribution in [0.15, 0.2) is 76.3 Å². The van der Waals surface area contributed by atoms with Crippen molar-refractivity contribution in [2.24, 2.45) is 0 Å². The van der Waals surface area contributed by atoms with Gasteiger partial charge in [-0.1, -0.05) is 49.7 Å². The van der Waals surface area contributed by atoms with Gasteiger partial charge in [0.2, 0.25) is 0 Å². The van der Waals surface area contributed by atoms with Gasteiger partial charge in [-0.05, 0) is 56.5 Å². The molecule has 0 aliphatic rings. The van der Waals surface area contributed by atoms with E-state index in [0.717, 1.165) is 45.4 Å². The molecule has 0 atom stereocenters. The Morgan fingerprint density at radius 2 is 1.89 bits per heavy atom. The summed E-state index contributed by atoms with van der Waals surface area (Å²) in [5, 5.41) is 14.2. The van der Waals surface area contributed by atoms with E-state index < -0.39 is 0 Å². The van der Waals surface area contributed by atoms with E-state index in [2.05, 4.69) is 43.5 Å². The zero-order valence-corrected chi connectivity index (χ0v) is 21.4. The van der Waals surface area contributed by atoms with Crippen LogP contribution in [0.25, 0.3) is 28.3 Å². The number of tetrazole rings is 1. The first-order valence-corrected chi connectivity index (χ1v) is 12.3. The van der Waals surface area contributed by atoms with Crippen molar-refractivity contribution < 1.29 is 4.74 Å². The molecule has 9 nitrogen and oxygen atoms in total. The number of aromatic amines is 1. The Labute approximate surface area is 215 Å². The minimum Gasteiger partial charge on any atom is -0.495 e. The SMILES string of the molecule is CCCc1cn(-c2c(Br)cccc2OC)c(=O)n1Cc1ccc(-c2ccccc2-c2nnn[nH]2)nc1. The third kappa shape index (κ3) is 4.47. The van der Waals surface area contributed by atoms with Gasteiger partial charge in [0.15, 0.2) is 5.82 Å². The molecular formula is C26H24BrN7O2. The van der Waals surface area contributed by atoms with Gasteiger partial charge in [-0.3, -0.25) is 14.1 Å². The van der Waals surface area contributed by atoms with Crippen LogP contribution in [-0.4, -0.2) is 41.9 Å². The highest BCUT2D eigenvalue weighted by molar-refractivity contribution is 9.10. The number of nitrogens with zero attached hydrogens (tertiary/aromatic N) is 6. The van der Waals surface area contributed by atoms with Crippen molar-refractivity contribution in [2.75, 3.05) is 7.11 Å². The maximum Gasteiger partial charge on any atom is 0.333 e. The van der Waals surface area contributed by atoms with E-state index in [1.54, 1.807) is 16.2 Å². The van der Waals surface area contributed by atoms with E-state index in [-0.39, 0.29) is 5.69 Å². The average molecular weight is 546 g/mol. The summed E-state index contributed by atoms with van der Waals surface area (Å²) in [6.07, 6.45) is 5.40. The van der Waals surface area contributed by atoms with Gasteiger partial charge >= 0.3 is 5.69 Å². The number of ether oxygens (including phenoxy) is 1. The van der Waals surface area contributed by atoms with Gasteiger partial charge in [-0.15, -0.1) is 5.10 Å². The lowest BCUT2D eigenvalue weighted by molar-refractivity contribution is 0.412. The van der Waals surface area contributed by atoms with E-state index >= 15 is 0 Å². The van der Waals surface area contributed by atoms with Crippen LogP contribution in [0.3, 0.4) is 0 Å². The summed E-state index contributed by atoms with van der Waals surface area (Å²) in [6, 6.07) is 17.4. The number of aromatic nitrogens is 7. The van der Waals surface area contributed by atoms with Crippen molar-refractivity contribution in [3.05, 3.63) is 93.2 Å². The molecule has 3 heterocycles. The Hall–Kier alpha value is -4.05. The van der Waals surface area contributed by atoms with Gasteiger partial charge in [0.1, 0.15) is 11.4 Å². The highest BCUT2D eigenvalue weighted by Crippen LogP contribution is 2.31. The third-order valence-electron chi connectivity index (χ3n) is 5.95. The lowest BCUT2D eigenvalue weighted by Gasteiger charge is -2.10. The molecule has 0 saturated heterocycles. The zero-order valence-electron chi connectivity index (χ0n) is 19.8. The summed E-state index contributed by atoms with van der Waals surface area (Å²) in [4.78, 5) is 18.3. The van der Waals surface area contributed by atoms with Crippen molar-refractivity contribution in [3.63, 3.8) is 0 Å². The number of imidazole rings is 1. The van der Waals surface area contributed by atoms with E-state index in [1.807, 2.05) is 67.0 Å². The van der Waals surface area contributed by atoms with Crippen molar-refractivity contribution in [1.82, 2.24) is 34.7 Å². The van der Waals surface area contributed by atoms with Crippen LogP contribution in [0.5, 0.6) is 5.75 Å². The molecule has 1 N–H and O–H groups in total. The zero-order chi connectivity index (χ0) is 25.1. The fourth-order valence-corrected chi connectivity index (χ4v) is 4.79. The third-order valence-corrected chi connectivity index (χ3v) is 6.59. The molecule has 0 fully saturated rings. The van der Waals surface area contributed by atoms with Gasteiger partial charge in [0.05, 0.1) is 19.3 Å². The molecule has 0 radical (unpaired) electrons. The minimum atomic E-state index is -0.129. The molecule has 2 aromatic carbocycles. The number of aryl methyl sites for hydroxylation is 1. The summed E-state index contributed by atoms with van der Waals surface area (Å²) < 4.78 is 9.77. The monoisotopic (exact) mass is 545 g/mol. The molecule has 0 unspecified atom stereocenters. The first kappa shape index (κ1) is 23.7. The van der Waals surface area contributed by atoms with Crippen molar-refractivity contribution in [2.45, 2.75) is 26.3 Å². The maximum atomic E-state index is 13.6. The topological polar surface area (TPSA) is 104 Å². The van der Waals surface area contributed by atoms with E-state index in [1.165, 1.54) is 0 Å². The van der Waals surface area contributed by atoms with Crippen LogP contribution in [0.2, 0.25) is 0 Å². The Morgan fingerprint density at radius 1 is 1.06 bits per heavy atom. The number of hydrogen-bond acceptors (Lipinski definition) is 6. The molecule has 182 valence electrons. The predicted molar refractivity (Wildman–Crippen MR) is 140 cm³/mol. The Bertz CT molecular complexity index is 1540. The highest BCUT2D eigenvalue weighted by atomic mass is 79.9. The number of benzene rings is 2. The minimum absolute atomic E-state index is 0.129. The van der Waals surface area contributed by atoms with Crippen LogP contribution < -0.4 is 10.4 Å². The van der Waals surface area contributed by atoms with Gasteiger partial charge in [0, 0.05) is 33.7 Å². The molecule has 0 amide bonds. The smallest absolute Gasteiger partial charge is 0.333 e. The quantitative estimate of drug-likeness (QED) is 0.304. The summed E-state index contributed by atoms with van der Waals surface area (Å²) in [5.74, 6) is 1.20. The van der Waals surface area contributed by atoms with Crippen LogP contribution in [0.1, 0.15) is 24.6 Å². The van der Waals surface area contributed by atoms with Gasteiger partial charge in [0.25, 0.3) is 0 Å². The van der Waals surface area contributed by atoms with Crippen molar-refractivity contribution in [3.8, 4) is 34.1 Å². The first-order valence-electron chi connectivity index (χ1n) is 11.5. The Balaban J connectivity index is 1.50. The van der Waals surface area contributed by atoms with E-state index in [9.17, 15) is 4.79 Å². The number of para-hydroxylation sites is 1. The molecule has 36 heavy (non-hydrogen) atoms. The summed E-state index contributed by atoms with van der Waals surface area (Å²) >= 11 is 3.58. The standard InChI is InChI=1S/C26H24BrN7O2/c1-3-7-18-16-34(24-21(27)10-6-11-23(24)36-2)26(35)33(18)15-17-12-13-22(28-14-17)19-8-4-5-9-20(19)25-29-31-32-30-25/h4-6,8-14,16H,3,7,15H2,1-2H3,(H,29,30,31,32). The molecule has 0 spiro atoms. The highest BCUT2D eigenvalue weighted by Gasteiger charge is 2.18. The molecule has 0 aliphatic carbocycles. The fourth-order valence-electron chi connectivity index (χ4n) is 4.25. The average Bonchev–Trinajstić information content (AvgIpc) is 3.54. The van der Waals surface area contributed by atoms with E-state index in [0.29, 0.717) is 23.8 Å². The molecule has 5 aromatic rings. The summed E-state index contributed by atoms with van der Waals surface area (Å²) in [6.45, 7) is 2.51. The fraction of sp³-hybridized carbons (Fsp3) is 0.192. The largest absolute Gasteiger partial charge is 0.495 e. The Morgan fingerprint density at radius 3 is 2.58 bits per heavy atom. The maximum absolute atomic E-state index is 13.6. The second kappa shape index (κ2) is 10.3. The lowest BCUT2D eigenvalue weighted by atomic mass is 10.0. The lowest BCUT2D eigenvalue weighted by Crippen LogP contribution is -2.25. The molecule has 5 rings (SSSR count). The van der Waals surface area contributed by atoms with Gasteiger partial charge < -0.3 is 4.74 Å². The van der Waals surface area contributed by atoms with Crippen LogP contribution in [0.4, 0.5) is 0 Å². The normalized spacial score (nSPS) is 11.1. The molecule has 10 heteroatoms. The van der Waals surface area contributed by atoms with Gasteiger partial charge in [-0.2, -0.15) is 0 Å². The van der Waals surface area contributed by atoms with Crippen molar-refractivity contribution >= 4 is 15.9 Å². The van der Waals surface area contributed by atoms with Crippen molar-refractivity contribution in [1.29, 1.82) is 0 Å². The number of rotatable bonds is 8. The number of pyridine rings is 1. The molecule has 0 aliphatic heterocycles. The number of hydrogen-bond donors (Lipinski definition) is 1. The number of methoxy groups -OCH3 is 1. The molecule has 0 bridgehead atoms. The molecule has 3 aromatic heterocycles. The van der Waals surface area contributed by atoms with Crippen LogP contribution in [-0.2, 0) is 13.0 Å². The summed E-state index contributed by atoms with van der Waals surface area (Å²) in [7, 11) is 1.60. The summed E-state index contributed by atoms with van der Waals surface area (Å²) in [5.41, 5.74) is 5.01. The van der Waals surface area contributed by atoms with Crippen LogP contribution in [0, 0.1) is 0 Å². The second-order valence-corrected chi connectivity index (χ2v) is 9.10. The second-order valence-electron chi connectivity index (χ2n) is 8.25. The number of halogens is 1. The predicted octanol–water partition coefficient (Wildman–Crippen LogP) is 4.65. The molecular weight excluding hydrogens is 522 g/mol. The van der Waals surface area contributed by atoms with E-state index in [4.69, 9.17) is 9.72 Å². The molecule has 0 saturated carbocycles. The Kier molecular flexibility index (Phi) is 6.77. The first-order chi connectivity index (χ1) is 17.6. The number of H-pyrrole nitrogens is 1. The van der Waals surface area contributed by atoms with Gasteiger partial charge in [-0.25, -0.2) is 9.89 Å². The number of nitrogens with one attached hydrogen (secondary N) is 1.